The molecule has 4 rings (SSSR count). The van der Waals surface area contributed by atoms with E-state index < -0.39 is 12.0 Å². The van der Waals surface area contributed by atoms with Gasteiger partial charge in [-0.2, -0.15) is 18.2 Å². The van der Waals surface area contributed by atoms with Crippen molar-refractivity contribution in [3.05, 3.63) is 22.6 Å². The van der Waals surface area contributed by atoms with Gasteiger partial charge in [0, 0.05) is 31.1 Å². The molecule has 0 fully saturated rings. The Kier molecular flexibility index (Phi) is 6.28. The highest BCUT2D eigenvalue weighted by atomic mass is 32.1. The highest BCUT2D eigenvalue weighted by Crippen LogP contribution is 2.35. The lowest BCUT2D eigenvalue weighted by Crippen LogP contribution is -2.36. The minimum absolute atomic E-state index is 0.141. The van der Waals surface area contributed by atoms with Crippen LogP contribution in [0.3, 0.4) is 0 Å². The van der Waals surface area contributed by atoms with E-state index in [1.165, 1.54) is 4.88 Å². The van der Waals surface area contributed by atoms with Crippen LogP contribution in [0.4, 0.5) is 24.9 Å². The third-order valence-corrected chi connectivity index (χ3v) is 6.05. The second-order valence-electron chi connectivity index (χ2n) is 7.19. The molecule has 8 nitrogen and oxygen atoms in total. The first-order valence-electron chi connectivity index (χ1n) is 10.3. The smallest absolute Gasteiger partial charge is 0.380 e. The highest BCUT2D eigenvalue weighted by Gasteiger charge is 2.39. The van der Waals surface area contributed by atoms with E-state index in [4.69, 9.17) is 9.72 Å². The van der Waals surface area contributed by atoms with E-state index in [1.807, 2.05) is 11.8 Å². The van der Waals surface area contributed by atoms with E-state index in [0.717, 1.165) is 27.6 Å². The van der Waals surface area contributed by atoms with Gasteiger partial charge in [-0.15, -0.1) is 21.5 Å². The van der Waals surface area contributed by atoms with E-state index in [1.54, 1.807) is 11.3 Å². The number of ether oxygens (including phenoxy) is 1. The van der Waals surface area contributed by atoms with Gasteiger partial charge in [0.15, 0.2) is 5.82 Å². The molecule has 1 aliphatic heterocycles. The third-order valence-electron chi connectivity index (χ3n) is 4.96. The summed E-state index contributed by atoms with van der Waals surface area (Å²) >= 11 is 1.62. The predicted octanol–water partition coefficient (Wildman–Crippen LogP) is 3.72. The summed E-state index contributed by atoms with van der Waals surface area (Å²) in [6.07, 6.45) is -2.56. The summed E-state index contributed by atoms with van der Waals surface area (Å²) in [5.41, 5.74) is 0. The number of rotatable bonds is 8. The van der Waals surface area contributed by atoms with Gasteiger partial charge < -0.3 is 19.5 Å². The van der Waals surface area contributed by atoms with Gasteiger partial charge in [-0.05, 0) is 19.4 Å². The van der Waals surface area contributed by atoms with Crippen molar-refractivity contribution in [1.29, 1.82) is 0 Å². The molecule has 12 heteroatoms. The molecule has 3 aromatic rings. The van der Waals surface area contributed by atoms with Crippen LogP contribution >= 0.6 is 11.3 Å². The molecule has 31 heavy (non-hydrogen) atoms. The fourth-order valence-corrected chi connectivity index (χ4v) is 4.70. The SMILES string of the molecule is CCCc1cc2c(N3CCn4c(nnc4C(F)(F)F)C3)nc(NCCOCC)nc2s1. The zero-order chi connectivity index (χ0) is 22.0. The molecule has 0 unspecified atom stereocenters. The summed E-state index contributed by atoms with van der Waals surface area (Å²) in [4.78, 5) is 13.4. The minimum Gasteiger partial charge on any atom is -0.380 e. The minimum atomic E-state index is -4.52. The van der Waals surface area contributed by atoms with Crippen LogP contribution in [0, 0.1) is 0 Å². The van der Waals surface area contributed by atoms with E-state index in [0.29, 0.717) is 38.1 Å². The standard InChI is InChI=1S/C19H24F3N7OS/c1-3-5-12-10-13-15(24-18(25-16(13)31-12)23-6-9-30-4-2)28-7-8-29-14(11-28)26-27-17(29)19(20,21)22/h10H,3-9,11H2,1-2H3,(H,23,24,25). The van der Waals surface area contributed by atoms with Crippen molar-refractivity contribution in [2.45, 2.75) is 46.0 Å². The maximum absolute atomic E-state index is 13.2. The van der Waals surface area contributed by atoms with Crippen molar-refractivity contribution in [3.63, 3.8) is 0 Å². The fourth-order valence-electron chi connectivity index (χ4n) is 3.57. The molecule has 0 amide bonds. The van der Waals surface area contributed by atoms with Crippen molar-refractivity contribution in [3.8, 4) is 0 Å². The van der Waals surface area contributed by atoms with Crippen molar-refractivity contribution < 1.29 is 17.9 Å². The van der Waals surface area contributed by atoms with Gasteiger partial charge in [0.25, 0.3) is 0 Å². The second-order valence-corrected chi connectivity index (χ2v) is 8.30. The Balaban J connectivity index is 1.65. The first-order chi connectivity index (χ1) is 14.9. The lowest BCUT2D eigenvalue weighted by molar-refractivity contribution is -0.147. The van der Waals surface area contributed by atoms with E-state index in [9.17, 15) is 13.2 Å². The number of nitrogens with zero attached hydrogens (tertiary/aromatic N) is 6. The largest absolute Gasteiger partial charge is 0.451 e. The number of aromatic nitrogens is 5. The molecule has 1 N–H and O–H groups in total. The monoisotopic (exact) mass is 455 g/mol. The Hall–Kier alpha value is -2.47. The van der Waals surface area contributed by atoms with E-state index >= 15 is 0 Å². The first-order valence-corrected chi connectivity index (χ1v) is 11.1. The van der Waals surface area contributed by atoms with Crippen molar-refractivity contribution in [2.75, 3.05) is 36.5 Å². The third kappa shape index (κ3) is 4.59. The van der Waals surface area contributed by atoms with Gasteiger partial charge in [0.2, 0.25) is 11.8 Å². The number of halogens is 3. The second kappa shape index (κ2) is 8.95. The normalized spacial score (nSPS) is 14.3. The van der Waals surface area contributed by atoms with Crippen LogP contribution in [0.25, 0.3) is 10.2 Å². The van der Waals surface area contributed by atoms with Crippen LogP contribution in [0.1, 0.15) is 36.8 Å². The molecular formula is C19H24F3N7OS. The lowest BCUT2D eigenvalue weighted by atomic mass is 10.2. The summed E-state index contributed by atoms with van der Waals surface area (Å²) in [6.45, 7) is 6.49. The number of hydrogen-bond acceptors (Lipinski definition) is 8. The number of nitrogens with one attached hydrogen (secondary N) is 1. The van der Waals surface area contributed by atoms with Gasteiger partial charge in [0.1, 0.15) is 10.6 Å². The number of alkyl halides is 3. The van der Waals surface area contributed by atoms with Crippen LogP contribution in [-0.4, -0.2) is 51.0 Å². The molecule has 0 atom stereocenters. The number of anilines is 2. The molecule has 0 saturated carbocycles. The fraction of sp³-hybridized carbons (Fsp3) is 0.579. The maximum atomic E-state index is 13.2. The van der Waals surface area contributed by atoms with Gasteiger partial charge in [0.05, 0.1) is 18.5 Å². The highest BCUT2D eigenvalue weighted by molar-refractivity contribution is 7.18. The molecule has 0 saturated heterocycles. The van der Waals surface area contributed by atoms with Gasteiger partial charge in [-0.25, -0.2) is 4.98 Å². The Labute approximate surface area is 181 Å². The van der Waals surface area contributed by atoms with Crippen molar-refractivity contribution in [1.82, 2.24) is 24.7 Å². The molecular weight excluding hydrogens is 431 g/mol. The Morgan fingerprint density at radius 2 is 2.03 bits per heavy atom. The average molecular weight is 456 g/mol. The number of aryl methyl sites for hydroxylation is 1. The van der Waals surface area contributed by atoms with Crippen LogP contribution in [-0.2, 0) is 30.4 Å². The molecule has 0 spiro atoms. The average Bonchev–Trinajstić information content (AvgIpc) is 3.34. The summed E-state index contributed by atoms with van der Waals surface area (Å²) in [5, 5.41) is 11.2. The first kappa shape index (κ1) is 21.8. The maximum Gasteiger partial charge on any atom is 0.451 e. The van der Waals surface area contributed by atoms with E-state index in [2.05, 4.69) is 33.5 Å². The van der Waals surface area contributed by atoms with Crippen LogP contribution in [0.15, 0.2) is 6.07 Å². The van der Waals surface area contributed by atoms with E-state index in [-0.39, 0.29) is 18.9 Å². The quantitative estimate of drug-likeness (QED) is 0.519. The summed E-state index contributed by atoms with van der Waals surface area (Å²) in [5.74, 6) is 0.509. The Bertz CT molecular complexity index is 1050. The molecule has 3 aromatic heterocycles. The Morgan fingerprint density at radius 3 is 2.77 bits per heavy atom. The van der Waals surface area contributed by atoms with Crippen molar-refractivity contribution in [2.24, 2.45) is 0 Å². The van der Waals surface area contributed by atoms with Gasteiger partial charge >= 0.3 is 6.18 Å². The zero-order valence-electron chi connectivity index (χ0n) is 17.4. The van der Waals surface area contributed by atoms with Crippen LogP contribution < -0.4 is 10.2 Å². The summed E-state index contributed by atoms with van der Waals surface area (Å²) < 4.78 is 46.0. The lowest BCUT2D eigenvalue weighted by Gasteiger charge is -2.29. The molecule has 0 bridgehead atoms. The van der Waals surface area contributed by atoms with Crippen LogP contribution in [0.5, 0.6) is 0 Å². The summed E-state index contributed by atoms with van der Waals surface area (Å²) in [6, 6.07) is 2.09. The van der Waals surface area contributed by atoms with Crippen molar-refractivity contribution >= 4 is 33.3 Å². The molecule has 4 heterocycles. The molecule has 0 aliphatic carbocycles. The Morgan fingerprint density at radius 1 is 1.19 bits per heavy atom. The zero-order valence-corrected chi connectivity index (χ0v) is 18.2. The molecule has 0 aromatic carbocycles. The van der Waals surface area contributed by atoms with Gasteiger partial charge in [-0.1, -0.05) is 13.3 Å². The molecule has 0 radical (unpaired) electrons. The predicted molar refractivity (Wildman–Crippen MR) is 112 cm³/mol. The summed E-state index contributed by atoms with van der Waals surface area (Å²) in [7, 11) is 0. The molecule has 168 valence electrons. The number of thiophene rings is 1. The topological polar surface area (TPSA) is 81.0 Å². The number of fused-ring (bicyclic) bond motifs is 2. The number of hydrogen-bond donors (Lipinski definition) is 1. The molecule has 1 aliphatic rings. The van der Waals surface area contributed by atoms with Crippen LogP contribution in [0.2, 0.25) is 0 Å². The van der Waals surface area contributed by atoms with Gasteiger partial charge in [-0.3, -0.25) is 0 Å².